The Morgan fingerprint density at radius 2 is 1.70 bits per heavy atom. The number of ether oxygens (including phenoxy) is 1. The molecule has 0 saturated carbocycles. The molecule has 0 atom stereocenters. The van der Waals surface area contributed by atoms with Gasteiger partial charge < -0.3 is 9.15 Å². The van der Waals surface area contributed by atoms with E-state index in [1.807, 2.05) is 54.6 Å². The van der Waals surface area contributed by atoms with Crippen molar-refractivity contribution in [3.8, 4) is 5.75 Å². The lowest BCUT2D eigenvalue weighted by molar-refractivity contribution is 0.0929. The van der Waals surface area contributed by atoms with Gasteiger partial charge in [-0.2, -0.15) is 5.10 Å². The highest BCUT2D eigenvalue weighted by atomic mass is 127. The van der Waals surface area contributed by atoms with Crippen LogP contribution in [0.2, 0.25) is 0 Å². The van der Waals surface area contributed by atoms with Crippen molar-refractivity contribution in [2.24, 2.45) is 5.10 Å². The number of benzene rings is 4. The highest BCUT2D eigenvalue weighted by molar-refractivity contribution is 14.1. The maximum Gasteiger partial charge on any atom is 0.307 e. The summed E-state index contributed by atoms with van der Waals surface area (Å²) in [5.41, 5.74) is 5.14. The summed E-state index contributed by atoms with van der Waals surface area (Å²) in [4.78, 5) is 12.3. The molecule has 5 aromatic rings. The number of hydrogen-bond donors (Lipinski definition) is 1. The second-order valence-electron chi connectivity index (χ2n) is 7.51. The number of para-hydroxylation sites is 1. The molecule has 5 nitrogen and oxygen atoms in total. The van der Waals surface area contributed by atoms with Crippen LogP contribution in [0, 0.1) is 3.57 Å². The maximum atomic E-state index is 12.3. The van der Waals surface area contributed by atoms with Gasteiger partial charge in [0.2, 0.25) is 0 Å². The lowest BCUT2D eigenvalue weighted by Crippen LogP contribution is -2.16. The quantitative estimate of drug-likeness (QED) is 0.150. The number of carbonyl (C=O) groups excluding carboxylic acids is 1. The molecule has 4 aromatic carbocycles. The van der Waals surface area contributed by atoms with Crippen LogP contribution in [0.3, 0.4) is 0 Å². The standard InChI is InChI=1S/C27H19IN2O3/c28-23-14-18(16-29-30-27(31)26-15-22-7-3-4-8-24(22)33-26)10-12-25(23)32-17-19-9-11-20-5-1-2-6-21(20)13-19/h1-16H,17H2,(H,30,31)/b29-16+. The zero-order chi connectivity index (χ0) is 22.6. The summed E-state index contributed by atoms with van der Waals surface area (Å²) in [7, 11) is 0. The molecule has 0 spiro atoms. The minimum atomic E-state index is -0.396. The Morgan fingerprint density at radius 3 is 2.52 bits per heavy atom. The molecule has 0 radical (unpaired) electrons. The van der Waals surface area contributed by atoms with Crippen LogP contribution >= 0.6 is 22.6 Å². The van der Waals surface area contributed by atoms with Gasteiger partial charge in [-0.05, 0) is 80.9 Å². The molecule has 0 unspecified atom stereocenters. The van der Waals surface area contributed by atoms with Crippen molar-refractivity contribution in [3.63, 3.8) is 0 Å². The Labute approximate surface area is 204 Å². The molecule has 0 aliphatic rings. The number of halogens is 1. The third-order valence-electron chi connectivity index (χ3n) is 5.19. The Balaban J connectivity index is 1.20. The Hall–Kier alpha value is -3.65. The van der Waals surface area contributed by atoms with Gasteiger partial charge in [-0.15, -0.1) is 0 Å². The Morgan fingerprint density at radius 1 is 0.909 bits per heavy atom. The first-order valence-electron chi connectivity index (χ1n) is 10.4. The molecule has 1 aromatic heterocycles. The van der Waals surface area contributed by atoms with Gasteiger partial charge in [0.1, 0.15) is 17.9 Å². The molecule has 0 aliphatic carbocycles. The fourth-order valence-corrected chi connectivity index (χ4v) is 4.21. The van der Waals surface area contributed by atoms with E-state index in [4.69, 9.17) is 9.15 Å². The number of hydrazone groups is 1. The molecule has 6 heteroatoms. The van der Waals surface area contributed by atoms with E-state index in [-0.39, 0.29) is 5.76 Å². The predicted molar refractivity (Wildman–Crippen MR) is 139 cm³/mol. The largest absolute Gasteiger partial charge is 0.488 e. The van der Waals surface area contributed by atoms with E-state index < -0.39 is 5.91 Å². The van der Waals surface area contributed by atoms with Gasteiger partial charge >= 0.3 is 5.91 Å². The van der Waals surface area contributed by atoms with E-state index in [1.54, 1.807) is 12.3 Å². The fraction of sp³-hybridized carbons (Fsp3) is 0.0370. The Bertz CT molecular complexity index is 1460. The molecule has 0 saturated heterocycles. The van der Waals surface area contributed by atoms with Crippen molar-refractivity contribution < 1.29 is 13.9 Å². The minimum Gasteiger partial charge on any atom is -0.488 e. The van der Waals surface area contributed by atoms with E-state index in [9.17, 15) is 4.79 Å². The van der Waals surface area contributed by atoms with Crippen molar-refractivity contribution in [1.29, 1.82) is 0 Å². The zero-order valence-electron chi connectivity index (χ0n) is 17.5. The summed E-state index contributed by atoms with van der Waals surface area (Å²) >= 11 is 2.24. The van der Waals surface area contributed by atoms with Crippen LogP contribution in [0.1, 0.15) is 21.7 Å². The van der Waals surface area contributed by atoms with Crippen LogP contribution in [-0.4, -0.2) is 12.1 Å². The normalized spacial score (nSPS) is 11.3. The van der Waals surface area contributed by atoms with Gasteiger partial charge in [-0.3, -0.25) is 4.79 Å². The molecule has 5 rings (SSSR count). The molecule has 0 fully saturated rings. The van der Waals surface area contributed by atoms with E-state index in [2.05, 4.69) is 63.4 Å². The second kappa shape index (κ2) is 9.46. The highest BCUT2D eigenvalue weighted by Crippen LogP contribution is 2.24. The smallest absolute Gasteiger partial charge is 0.307 e. The fourth-order valence-electron chi connectivity index (χ4n) is 3.52. The SMILES string of the molecule is O=C(N/N=C/c1ccc(OCc2ccc3ccccc3c2)c(I)c1)c1cc2ccccc2o1. The number of nitrogens with one attached hydrogen (secondary N) is 1. The molecule has 1 amide bonds. The van der Waals surface area contributed by atoms with Crippen LogP contribution in [0.25, 0.3) is 21.7 Å². The number of amides is 1. The lowest BCUT2D eigenvalue weighted by Gasteiger charge is -2.10. The van der Waals surface area contributed by atoms with Crippen molar-refractivity contribution in [1.82, 2.24) is 5.43 Å². The van der Waals surface area contributed by atoms with Gasteiger partial charge in [0.25, 0.3) is 0 Å². The van der Waals surface area contributed by atoms with Crippen LogP contribution in [-0.2, 0) is 6.61 Å². The molecular weight excluding hydrogens is 527 g/mol. The van der Waals surface area contributed by atoms with E-state index in [1.165, 1.54) is 10.8 Å². The second-order valence-corrected chi connectivity index (χ2v) is 8.67. The summed E-state index contributed by atoms with van der Waals surface area (Å²) in [5, 5.41) is 7.34. The van der Waals surface area contributed by atoms with Crippen LogP contribution in [0.5, 0.6) is 5.75 Å². The van der Waals surface area contributed by atoms with Gasteiger partial charge in [0, 0.05) is 5.39 Å². The average Bonchev–Trinajstić information content (AvgIpc) is 3.28. The molecular formula is C27H19IN2O3. The zero-order valence-corrected chi connectivity index (χ0v) is 19.7. The summed E-state index contributed by atoms with van der Waals surface area (Å²) in [5.74, 6) is 0.625. The molecule has 1 N–H and O–H groups in total. The lowest BCUT2D eigenvalue weighted by atomic mass is 10.1. The topological polar surface area (TPSA) is 63.8 Å². The third-order valence-corrected chi connectivity index (χ3v) is 6.04. The maximum absolute atomic E-state index is 12.3. The summed E-state index contributed by atoms with van der Waals surface area (Å²) in [6, 6.07) is 29.5. The average molecular weight is 546 g/mol. The molecule has 0 aliphatic heterocycles. The first-order chi connectivity index (χ1) is 16.2. The summed E-state index contributed by atoms with van der Waals surface area (Å²) < 4.78 is 12.5. The van der Waals surface area contributed by atoms with Crippen molar-refractivity contribution in [2.45, 2.75) is 6.61 Å². The third kappa shape index (κ3) is 4.90. The van der Waals surface area contributed by atoms with Gasteiger partial charge in [-0.1, -0.05) is 54.6 Å². The van der Waals surface area contributed by atoms with Gasteiger partial charge in [-0.25, -0.2) is 5.43 Å². The minimum absolute atomic E-state index is 0.223. The predicted octanol–water partition coefficient (Wildman–Crippen LogP) is 6.53. The highest BCUT2D eigenvalue weighted by Gasteiger charge is 2.11. The number of fused-ring (bicyclic) bond motifs is 2. The van der Waals surface area contributed by atoms with Crippen molar-refractivity contribution in [2.75, 3.05) is 0 Å². The number of hydrogen-bond acceptors (Lipinski definition) is 4. The molecule has 1 heterocycles. The number of rotatable bonds is 6. The summed E-state index contributed by atoms with van der Waals surface area (Å²) in [6.45, 7) is 0.488. The van der Waals surface area contributed by atoms with Crippen molar-refractivity contribution in [3.05, 3.63) is 111 Å². The molecule has 162 valence electrons. The number of carbonyl (C=O) groups is 1. The van der Waals surface area contributed by atoms with Gasteiger partial charge in [0.05, 0.1) is 9.78 Å². The monoisotopic (exact) mass is 546 g/mol. The van der Waals surface area contributed by atoms with Crippen LogP contribution < -0.4 is 10.2 Å². The van der Waals surface area contributed by atoms with Crippen LogP contribution in [0.4, 0.5) is 0 Å². The first-order valence-corrected chi connectivity index (χ1v) is 11.5. The first kappa shape index (κ1) is 21.2. The van der Waals surface area contributed by atoms with Crippen molar-refractivity contribution >= 4 is 56.5 Å². The molecule has 33 heavy (non-hydrogen) atoms. The summed E-state index contributed by atoms with van der Waals surface area (Å²) in [6.07, 6.45) is 1.59. The van der Waals surface area contributed by atoms with Crippen LogP contribution in [0.15, 0.2) is 101 Å². The van der Waals surface area contributed by atoms with E-state index >= 15 is 0 Å². The molecule has 0 bridgehead atoms. The van der Waals surface area contributed by atoms with Gasteiger partial charge in [0.15, 0.2) is 5.76 Å². The number of nitrogens with zero attached hydrogens (tertiary/aromatic N) is 1. The van der Waals surface area contributed by atoms with E-state index in [0.717, 1.165) is 25.8 Å². The Kier molecular flexibility index (Phi) is 6.08. The number of furan rings is 1. The van der Waals surface area contributed by atoms with E-state index in [0.29, 0.717) is 12.2 Å².